The number of nitrogens with one attached hydrogen (secondary N) is 1. The summed E-state index contributed by atoms with van der Waals surface area (Å²) in [5, 5.41) is 7.40. The van der Waals surface area contributed by atoms with Crippen molar-refractivity contribution < 1.29 is 14.3 Å². The summed E-state index contributed by atoms with van der Waals surface area (Å²) in [6.07, 6.45) is 8.37. The number of benzene rings is 1. The molecule has 1 unspecified atom stereocenters. The van der Waals surface area contributed by atoms with Crippen molar-refractivity contribution >= 4 is 5.91 Å². The summed E-state index contributed by atoms with van der Waals surface area (Å²) >= 11 is 0. The maximum atomic E-state index is 11.6. The van der Waals surface area contributed by atoms with Crippen molar-refractivity contribution in [1.82, 2.24) is 20.0 Å². The summed E-state index contributed by atoms with van der Waals surface area (Å²) in [5.74, 6) is -0.0806. The second kappa shape index (κ2) is 9.07. The van der Waals surface area contributed by atoms with Gasteiger partial charge in [-0.3, -0.25) is 9.69 Å². The van der Waals surface area contributed by atoms with Crippen molar-refractivity contribution in [3.05, 3.63) is 48.3 Å². The van der Waals surface area contributed by atoms with Crippen LogP contribution in [0.2, 0.25) is 0 Å². The van der Waals surface area contributed by atoms with Gasteiger partial charge >= 0.3 is 0 Å². The molecular weight excluding hydrogens is 368 g/mol. The minimum Gasteiger partial charge on any atom is -0.375 e. The molecule has 2 aliphatic heterocycles. The summed E-state index contributed by atoms with van der Waals surface area (Å²) < 4.78 is 13.2. The Bertz CT molecular complexity index is 799. The van der Waals surface area contributed by atoms with Gasteiger partial charge in [0.25, 0.3) is 0 Å². The van der Waals surface area contributed by atoms with E-state index in [-0.39, 0.29) is 24.2 Å². The first-order chi connectivity index (χ1) is 14.2. The van der Waals surface area contributed by atoms with Crippen molar-refractivity contribution in [3.63, 3.8) is 0 Å². The zero-order chi connectivity index (χ0) is 20.1. The number of piperidine rings is 1. The average molecular weight is 399 g/mol. The zero-order valence-corrected chi connectivity index (χ0v) is 17.0. The normalized spacial score (nSPS) is 21.5. The fourth-order valence-electron chi connectivity index (χ4n) is 4.36. The Hall–Kier alpha value is -2.22. The summed E-state index contributed by atoms with van der Waals surface area (Å²) in [4.78, 5) is 14.1. The molecule has 0 radical (unpaired) electrons. The highest BCUT2D eigenvalue weighted by atomic mass is 16.5. The smallest absolute Gasteiger partial charge is 0.246 e. The van der Waals surface area contributed by atoms with Gasteiger partial charge in [-0.05, 0) is 37.8 Å². The number of likely N-dealkylation sites (tertiary alicyclic amines) is 1. The van der Waals surface area contributed by atoms with Crippen LogP contribution in [0.4, 0.5) is 0 Å². The molecule has 1 amide bonds. The highest BCUT2D eigenvalue weighted by Crippen LogP contribution is 2.39. The van der Waals surface area contributed by atoms with Gasteiger partial charge in [0.1, 0.15) is 6.61 Å². The Labute approximate surface area is 172 Å². The first kappa shape index (κ1) is 20.1. The summed E-state index contributed by atoms with van der Waals surface area (Å²) in [7, 11) is 1.53. The first-order valence-electron chi connectivity index (χ1n) is 10.4. The molecule has 0 aliphatic carbocycles. The van der Waals surface area contributed by atoms with E-state index in [0.717, 1.165) is 51.0 Å². The number of amides is 1. The predicted molar refractivity (Wildman–Crippen MR) is 110 cm³/mol. The maximum absolute atomic E-state index is 11.6. The molecule has 2 fully saturated rings. The van der Waals surface area contributed by atoms with Crippen LogP contribution in [0, 0.1) is 0 Å². The number of ether oxygens (including phenoxy) is 2. The predicted octanol–water partition coefficient (Wildman–Crippen LogP) is 2.15. The summed E-state index contributed by atoms with van der Waals surface area (Å²) in [5.41, 5.74) is 2.30. The van der Waals surface area contributed by atoms with E-state index in [2.05, 4.69) is 33.6 Å². The minimum absolute atomic E-state index is 0.0125. The lowest BCUT2D eigenvalue weighted by Crippen LogP contribution is -2.45. The van der Waals surface area contributed by atoms with Crippen LogP contribution in [-0.4, -0.2) is 65.6 Å². The first-order valence-corrected chi connectivity index (χ1v) is 10.4. The van der Waals surface area contributed by atoms with Gasteiger partial charge in [-0.2, -0.15) is 5.10 Å². The molecule has 1 aromatic carbocycles. The van der Waals surface area contributed by atoms with E-state index in [0.29, 0.717) is 6.54 Å². The van der Waals surface area contributed by atoms with Crippen LogP contribution >= 0.6 is 0 Å². The topological polar surface area (TPSA) is 68.6 Å². The van der Waals surface area contributed by atoms with E-state index >= 15 is 0 Å². The van der Waals surface area contributed by atoms with Gasteiger partial charge in [0.2, 0.25) is 5.91 Å². The number of nitrogens with zero attached hydrogens (tertiary/aromatic N) is 3. The van der Waals surface area contributed by atoms with Gasteiger partial charge in [-0.25, -0.2) is 4.68 Å². The number of rotatable bonds is 7. The molecule has 4 rings (SSSR count). The Morgan fingerprint density at radius 1 is 1.28 bits per heavy atom. The van der Waals surface area contributed by atoms with Crippen LogP contribution in [0.3, 0.4) is 0 Å². The van der Waals surface area contributed by atoms with Gasteiger partial charge in [0.15, 0.2) is 0 Å². The lowest BCUT2D eigenvalue weighted by Gasteiger charge is -2.39. The Kier molecular flexibility index (Phi) is 6.28. The second-order valence-electron chi connectivity index (χ2n) is 8.10. The van der Waals surface area contributed by atoms with Crippen LogP contribution in [0.25, 0.3) is 5.69 Å². The molecule has 0 saturated carbocycles. The molecule has 29 heavy (non-hydrogen) atoms. The van der Waals surface area contributed by atoms with Crippen LogP contribution in [0.1, 0.15) is 31.2 Å². The third kappa shape index (κ3) is 5.04. The monoisotopic (exact) mass is 398 g/mol. The number of aromatic nitrogens is 2. The number of para-hydroxylation sites is 1. The summed E-state index contributed by atoms with van der Waals surface area (Å²) in [6.45, 7) is 3.65. The highest BCUT2D eigenvalue weighted by Gasteiger charge is 2.42. The largest absolute Gasteiger partial charge is 0.375 e. The van der Waals surface area contributed by atoms with Gasteiger partial charge in [0.05, 0.1) is 23.6 Å². The van der Waals surface area contributed by atoms with E-state index in [1.54, 1.807) is 0 Å². The quantitative estimate of drug-likeness (QED) is 0.774. The lowest BCUT2D eigenvalue weighted by molar-refractivity contribution is -0.126. The summed E-state index contributed by atoms with van der Waals surface area (Å²) in [6, 6.07) is 10.2. The zero-order valence-electron chi connectivity index (χ0n) is 17.0. The Morgan fingerprint density at radius 3 is 2.83 bits per heavy atom. The Balaban J connectivity index is 1.24. The van der Waals surface area contributed by atoms with Gasteiger partial charge in [-0.1, -0.05) is 18.2 Å². The Morgan fingerprint density at radius 2 is 2.07 bits per heavy atom. The van der Waals surface area contributed by atoms with Crippen LogP contribution in [-0.2, 0) is 20.8 Å². The number of hydrogen-bond acceptors (Lipinski definition) is 5. The SMILES string of the molecule is COCC(=O)NCC1CCC2(CCN(Cc3cnn(-c4ccccc4)c3)CC2)O1. The van der Waals surface area contributed by atoms with Gasteiger partial charge in [-0.15, -0.1) is 0 Å². The molecule has 1 N–H and O–H groups in total. The third-order valence-corrected chi connectivity index (χ3v) is 5.97. The van der Waals surface area contributed by atoms with E-state index in [9.17, 15) is 4.79 Å². The molecule has 1 aromatic heterocycles. The van der Waals surface area contributed by atoms with E-state index in [1.807, 2.05) is 29.1 Å². The highest BCUT2D eigenvalue weighted by molar-refractivity contribution is 5.77. The molecule has 2 aliphatic rings. The second-order valence-corrected chi connectivity index (χ2v) is 8.10. The molecule has 7 heteroatoms. The van der Waals surface area contributed by atoms with Crippen LogP contribution in [0.5, 0.6) is 0 Å². The van der Waals surface area contributed by atoms with E-state index in [1.165, 1.54) is 12.7 Å². The van der Waals surface area contributed by atoms with Gasteiger partial charge < -0.3 is 14.8 Å². The average Bonchev–Trinajstić information content (AvgIpc) is 3.37. The molecule has 2 saturated heterocycles. The third-order valence-electron chi connectivity index (χ3n) is 5.97. The number of carbonyl (C=O) groups is 1. The van der Waals surface area contributed by atoms with Crippen LogP contribution in [0.15, 0.2) is 42.7 Å². The molecule has 156 valence electrons. The van der Waals surface area contributed by atoms with Crippen molar-refractivity contribution in [2.75, 3.05) is 33.4 Å². The van der Waals surface area contributed by atoms with Crippen molar-refractivity contribution in [2.24, 2.45) is 0 Å². The molecule has 2 aromatic rings. The number of methoxy groups -OCH3 is 1. The maximum Gasteiger partial charge on any atom is 0.246 e. The molecule has 7 nitrogen and oxygen atoms in total. The van der Waals surface area contributed by atoms with Crippen molar-refractivity contribution in [1.29, 1.82) is 0 Å². The number of hydrogen-bond donors (Lipinski definition) is 1. The standard InChI is InChI=1S/C22H30N4O3/c1-28-17-21(27)23-14-20-7-8-22(29-20)9-11-25(12-10-22)15-18-13-24-26(16-18)19-5-3-2-4-6-19/h2-6,13,16,20H,7-12,14-15,17H2,1H3,(H,23,27). The van der Waals surface area contributed by atoms with Gasteiger partial charge in [0, 0.05) is 45.0 Å². The minimum atomic E-state index is -0.0806. The fourth-order valence-corrected chi connectivity index (χ4v) is 4.36. The molecular formula is C22H30N4O3. The van der Waals surface area contributed by atoms with E-state index in [4.69, 9.17) is 9.47 Å². The fraction of sp³-hybridized carbons (Fsp3) is 0.545. The lowest BCUT2D eigenvalue weighted by atomic mass is 9.88. The molecule has 1 atom stereocenters. The van der Waals surface area contributed by atoms with Crippen LogP contribution < -0.4 is 5.32 Å². The number of carbonyl (C=O) groups excluding carboxylic acids is 1. The van der Waals surface area contributed by atoms with Crippen molar-refractivity contribution in [3.8, 4) is 5.69 Å². The molecule has 3 heterocycles. The molecule has 1 spiro atoms. The molecule has 0 bridgehead atoms. The van der Waals surface area contributed by atoms with E-state index < -0.39 is 0 Å². The van der Waals surface area contributed by atoms with Crippen molar-refractivity contribution in [2.45, 2.75) is 43.9 Å².